The Kier molecular flexibility index (Phi) is 5.69. The number of benzene rings is 2. The molecule has 0 spiro atoms. The number of hydrogen-bond acceptors (Lipinski definition) is 8. The summed E-state index contributed by atoms with van der Waals surface area (Å²) in [6.07, 6.45) is 1.31. The van der Waals surface area contributed by atoms with Crippen molar-refractivity contribution in [2.24, 2.45) is 0 Å². The van der Waals surface area contributed by atoms with E-state index in [-0.39, 0.29) is 15.6 Å². The number of methoxy groups -OCH3 is 1. The standard InChI is InChI=1S/C22H25N5O3S/c1-16-6-5-7-17(14-16)31(28,29)20-15-24-22(25-21(20)23)27-12-10-26(11-13-27)18-8-3-4-9-19(18)30-2/h3-9,14-15H,10-13H2,1-2H3,(H2,23,24,25). The number of nitrogen functional groups attached to an aromatic ring is 1. The lowest BCUT2D eigenvalue weighted by atomic mass is 10.2. The molecule has 3 aromatic rings. The maximum Gasteiger partial charge on any atom is 0.227 e. The molecule has 0 unspecified atom stereocenters. The van der Waals surface area contributed by atoms with Crippen LogP contribution in [0.1, 0.15) is 5.56 Å². The average molecular weight is 440 g/mol. The number of aromatic nitrogens is 2. The molecular formula is C22H25N5O3S. The zero-order valence-corrected chi connectivity index (χ0v) is 18.3. The second-order valence-corrected chi connectivity index (χ2v) is 9.30. The largest absolute Gasteiger partial charge is 0.495 e. The lowest BCUT2D eigenvalue weighted by Gasteiger charge is -2.36. The average Bonchev–Trinajstić information content (AvgIpc) is 2.79. The van der Waals surface area contributed by atoms with Gasteiger partial charge in [0.25, 0.3) is 0 Å². The highest BCUT2D eigenvalue weighted by atomic mass is 32.2. The Morgan fingerprint density at radius 2 is 1.71 bits per heavy atom. The molecule has 0 atom stereocenters. The Morgan fingerprint density at radius 1 is 1.00 bits per heavy atom. The second-order valence-electron chi connectivity index (χ2n) is 7.39. The van der Waals surface area contributed by atoms with Crippen molar-refractivity contribution < 1.29 is 13.2 Å². The van der Waals surface area contributed by atoms with Gasteiger partial charge in [0.1, 0.15) is 16.5 Å². The molecular weight excluding hydrogens is 414 g/mol. The normalized spacial score (nSPS) is 14.5. The fourth-order valence-corrected chi connectivity index (χ4v) is 5.05. The third-order valence-electron chi connectivity index (χ3n) is 5.35. The van der Waals surface area contributed by atoms with E-state index in [9.17, 15) is 8.42 Å². The van der Waals surface area contributed by atoms with E-state index in [4.69, 9.17) is 10.5 Å². The first kappa shape index (κ1) is 20.9. The zero-order chi connectivity index (χ0) is 22.0. The molecule has 0 radical (unpaired) electrons. The van der Waals surface area contributed by atoms with Crippen molar-refractivity contribution in [2.75, 3.05) is 48.8 Å². The van der Waals surface area contributed by atoms with E-state index in [2.05, 4.69) is 14.9 Å². The highest BCUT2D eigenvalue weighted by Crippen LogP contribution is 2.30. The minimum atomic E-state index is -3.78. The van der Waals surface area contributed by atoms with E-state index < -0.39 is 9.84 Å². The maximum absolute atomic E-state index is 13.0. The molecule has 0 aliphatic carbocycles. The van der Waals surface area contributed by atoms with Gasteiger partial charge in [-0.25, -0.2) is 13.4 Å². The number of rotatable bonds is 5. The van der Waals surface area contributed by atoms with Crippen LogP contribution in [0.15, 0.2) is 64.5 Å². The van der Waals surface area contributed by atoms with Crippen LogP contribution < -0.4 is 20.3 Å². The Balaban J connectivity index is 1.52. The number of piperazine rings is 1. The van der Waals surface area contributed by atoms with Gasteiger partial charge in [0.15, 0.2) is 0 Å². The fraction of sp³-hybridized carbons (Fsp3) is 0.273. The summed E-state index contributed by atoms with van der Waals surface area (Å²) in [7, 11) is -2.12. The van der Waals surface area contributed by atoms with E-state index >= 15 is 0 Å². The van der Waals surface area contributed by atoms with Crippen LogP contribution in [0.5, 0.6) is 5.75 Å². The van der Waals surface area contributed by atoms with Gasteiger partial charge < -0.3 is 20.3 Å². The van der Waals surface area contributed by atoms with Crippen LogP contribution in [0.25, 0.3) is 0 Å². The number of hydrogen-bond donors (Lipinski definition) is 1. The number of nitrogens with two attached hydrogens (primary N) is 1. The van der Waals surface area contributed by atoms with Gasteiger partial charge in [-0.2, -0.15) is 4.98 Å². The Bertz CT molecular complexity index is 1190. The molecule has 162 valence electrons. The molecule has 1 aliphatic rings. The maximum atomic E-state index is 13.0. The summed E-state index contributed by atoms with van der Waals surface area (Å²) in [6.45, 7) is 4.72. The Morgan fingerprint density at radius 3 is 2.39 bits per heavy atom. The molecule has 0 amide bonds. The quantitative estimate of drug-likeness (QED) is 0.647. The van der Waals surface area contributed by atoms with Gasteiger partial charge in [-0.1, -0.05) is 24.3 Å². The summed E-state index contributed by atoms with van der Waals surface area (Å²) >= 11 is 0. The van der Waals surface area contributed by atoms with Gasteiger partial charge in [0, 0.05) is 26.2 Å². The summed E-state index contributed by atoms with van der Waals surface area (Å²) in [5.41, 5.74) is 7.96. The molecule has 0 saturated carbocycles. The fourth-order valence-electron chi connectivity index (χ4n) is 3.68. The molecule has 1 fully saturated rings. The van der Waals surface area contributed by atoms with Crippen molar-refractivity contribution in [3.8, 4) is 5.75 Å². The predicted octanol–water partition coefficient (Wildman–Crippen LogP) is 2.54. The molecule has 31 heavy (non-hydrogen) atoms. The van der Waals surface area contributed by atoms with Crippen molar-refractivity contribution in [1.82, 2.24) is 9.97 Å². The molecule has 9 heteroatoms. The van der Waals surface area contributed by atoms with Crippen molar-refractivity contribution in [3.63, 3.8) is 0 Å². The molecule has 2 aromatic carbocycles. The number of aryl methyl sites for hydroxylation is 1. The van der Waals surface area contributed by atoms with E-state index in [1.807, 2.05) is 42.2 Å². The molecule has 2 heterocycles. The van der Waals surface area contributed by atoms with Gasteiger partial charge in [0.05, 0.1) is 23.9 Å². The van der Waals surface area contributed by atoms with E-state index in [0.29, 0.717) is 19.0 Å². The van der Waals surface area contributed by atoms with Crippen LogP contribution in [-0.2, 0) is 9.84 Å². The molecule has 1 aliphatic heterocycles. The first-order valence-corrected chi connectivity index (χ1v) is 11.5. The van der Waals surface area contributed by atoms with E-state index in [0.717, 1.165) is 30.1 Å². The Hall–Kier alpha value is -3.33. The van der Waals surface area contributed by atoms with Gasteiger partial charge in [0.2, 0.25) is 15.8 Å². The van der Waals surface area contributed by atoms with Crippen LogP contribution in [0, 0.1) is 6.92 Å². The number of anilines is 3. The molecule has 1 aromatic heterocycles. The lowest BCUT2D eigenvalue weighted by Crippen LogP contribution is -2.47. The third-order valence-corrected chi connectivity index (χ3v) is 7.12. The predicted molar refractivity (Wildman–Crippen MR) is 120 cm³/mol. The van der Waals surface area contributed by atoms with E-state index in [1.54, 1.807) is 25.3 Å². The minimum Gasteiger partial charge on any atom is -0.495 e. The SMILES string of the molecule is COc1ccccc1N1CCN(c2ncc(S(=O)(=O)c3cccc(C)c3)c(N)n2)CC1. The summed E-state index contributed by atoms with van der Waals surface area (Å²) in [5.74, 6) is 1.22. The van der Waals surface area contributed by atoms with Gasteiger partial charge in [-0.05, 0) is 36.8 Å². The smallest absolute Gasteiger partial charge is 0.227 e. The summed E-state index contributed by atoms with van der Waals surface area (Å²) in [5, 5.41) is 0. The van der Waals surface area contributed by atoms with Crippen molar-refractivity contribution in [1.29, 1.82) is 0 Å². The molecule has 0 bridgehead atoms. The lowest BCUT2D eigenvalue weighted by molar-refractivity contribution is 0.413. The van der Waals surface area contributed by atoms with Crippen LogP contribution in [0.2, 0.25) is 0 Å². The van der Waals surface area contributed by atoms with E-state index in [1.165, 1.54) is 6.20 Å². The first-order chi connectivity index (χ1) is 14.9. The summed E-state index contributed by atoms with van der Waals surface area (Å²) < 4.78 is 31.4. The van der Waals surface area contributed by atoms with Gasteiger partial charge >= 0.3 is 0 Å². The monoisotopic (exact) mass is 439 g/mol. The van der Waals surface area contributed by atoms with Crippen molar-refractivity contribution >= 4 is 27.3 Å². The van der Waals surface area contributed by atoms with Gasteiger partial charge in [-0.15, -0.1) is 0 Å². The molecule has 1 saturated heterocycles. The first-order valence-electron chi connectivity index (χ1n) is 9.97. The van der Waals surface area contributed by atoms with Crippen molar-refractivity contribution in [3.05, 3.63) is 60.3 Å². The third kappa shape index (κ3) is 4.13. The minimum absolute atomic E-state index is 0.0429. The molecule has 4 rings (SSSR count). The van der Waals surface area contributed by atoms with Crippen LogP contribution in [0.3, 0.4) is 0 Å². The Labute approximate surface area is 182 Å². The summed E-state index contributed by atoms with van der Waals surface area (Å²) in [4.78, 5) is 13.0. The van der Waals surface area contributed by atoms with Crippen LogP contribution in [0.4, 0.5) is 17.5 Å². The highest BCUT2D eigenvalue weighted by Gasteiger charge is 2.25. The highest BCUT2D eigenvalue weighted by molar-refractivity contribution is 7.91. The molecule has 8 nitrogen and oxygen atoms in total. The van der Waals surface area contributed by atoms with Crippen LogP contribution in [-0.4, -0.2) is 51.7 Å². The number of sulfone groups is 1. The number of nitrogens with zero attached hydrogens (tertiary/aromatic N) is 4. The van der Waals surface area contributed by atoms with Crippen LogP contribution >= 0.6 is 0 Å². The second kappa shape index (κ2) is 8.43. The number of ether oxygens (including phenoxy) is 1. The summed E-state index contributed by atoms with van der Waals surface area (Å²) in [6, 6.07) is 14.6. The van der Waals surface area contributed by atoms with Gasteiger partial charge in [-0.3, -0.25) is 0 Å². The number of para-hydroxylation sites is 2. The van der Waals surface area contributed by atoms with Crippen molar-refractivity contribution in [2.45, 2.75) is 16.7 Å². The zero-order valence-electron chi connectivity index (χ0n) is 17.5. The topological polar surface area (TPSA) is 102 Å². The molecule has 2 N–H and O–H groups in total.